The fourth-order valence-corrected chi connectivity index (χ4v) is 3.22. The number of fused-ring (bicyclic) bond motifs is 1. The minimum atomic E-state index is 0.666. The van der Waals surface area contributed by atoms with Gasteiger partial charge < -0.3 is 14.9 Å². The zero-order valence-electron chi connectivity index (χ0n) is 10.6. The summed E-state index contributed by atoms with van der Waals surface area (Å²) in [5, 5.41) is 0.955. The number of methoxy groups -OCH3 is 1. The number of anilines is 1. The van der Waals surface area contributed by atoms with Crippen LogP contribution in [0.4, 0.5) is 5.69 Å². The van der Waals surface area contributed by atoms with E-state index in [2.05, 4.69) is 31.9 Å². The van der Waals surface area contributed by atoms with Crippen molar-refractivity contribution in [2.45, 2.75) is 0 Å². The van der Waals surface area contributed by atoms with Crippen molar-refractivity contribution in [3.63, 3.8) is 0 Å². The van der Waals surface area contributed by atoms with Gasteiger partial charge in [-0.25, -0.2) is 0 Å². The molecule has 0 aliphatic heterocycles. The van der Waals surface area contributed by atoms with Crippen LogP contribution in [0.2, 0.25) is 0 Å². The molecular formula is C15H11Br2NO2. The fraction of sp³-hybridized carbons (Fsp3) is 0.0667. The van der Waals surface area contributed by atoms with Crippen LogP contribution in [-0.4, -0.2) is 7.11 Å². The van der Waals surface area contributed by atoms with Gasteiger partial charge in [-0.15, -0.1) is 0 Å². The third-order valence-corrected chi connectivity index (χ3v) is 4.63. The summed E-state index contributed by atoms with van der Waals surface area (Å²) in [6, 6.07) is 11.6. The van der Waals surface area contributed by atoms with Crippen molar-refractivity contribution < 1.29 is 9.15 Å². The van der Waals surface area contributed by atoms with E-state index in [4.69, 9.17) is 14.9 Å². The van der Waals surface area contributed by atoms with E-state index in [-0.39, 0.29) is 0 Å². The van der Waals surface area contributed by atoms with Gasteiger partial charge in [0.2, 0.25) is 0 Å². The molecule has 1 heterocycles. The Balaban J connectivity index is 2.15. The van der Waals surface area contributed by atoms with Crippen molar-refractivity contribution in [3.05, 3.63) is 45.3 Å². The van der Waals surface area contributed by atoms with E-state index in [1.54, 1.807) is 7.11 Å². The molecule has 0 radical (unpaired) electrons. The standard InChI is InChI=1S/C15H11Br2NO2/c1-19-9-4-2-8(3-5-9)12-6-10-13(20-12)7-11(16)15(18)14(10)17/h2-7H,18H2,1H3. The van der Waals surface area contributed by atoms with E-state index in [0.29, 0.717) is 5.69 Å². The van der Waals surface area contributed by atoms with E-state index < -0.39 is 0 Å². The zero-order valence-corrected chi connectivity index (χ0v) is 13.8. The van der Waals surface area contributed by atoms with Gasteiger partial charge in [0.15, 0.2) is 0 Å². The molecule has 0 unspecified atom stereocenters. The number of nitrogens with two attached hydrogens (primary N) is 1. The quantitative estimate of drug-likeness (QED) is 0.604. The number of halogens is 2. The summed E-state index contributed by atoms with van der Waals surface area (Å²) in [6.07, 6.45) is 0. The Morgan fingerprint density at radius 2 is 1.80 bits per heavy atom. The normalized spacial score (nSPS) is 10.9. The largest absolute Gasteiger partial charge is 0.497 e. The summed E-state index contributed by atoms with van der Waals surface area (Å²) >= 11 is 6.93. The molecule has 0 aliphatic carbocycles. The molecule has 0 fully saturated rings. The van der Waals surface area contributed by atoms with Crippen LogP contribution in [0.15, 0.2) is 49.8 Å². The molecule has 0 aliphatic rings. The molecule has 0 atom stereocenters. The molecule has 1 aromatic heterocycles. The SMILES string of the molecule is COc1ccc(-c2cc3c(Br)c(N)c(Br)cc3o2)cc1. The summed E-state index contributed by atoms with van der Waals surface area (Å²) < 4.78 is 12.7. The fourth-order valence-electron chi connectivity index (χ4n) is 2.02. The maximum atomic E-state index is 5.98. The second kappa shape index (κ2) is 5.14. The Labute approximate surface area is 133 Å². The first kappa shape index (κ1) is 13.5. The number of benzene rings is 2. The van der Waals surface area contributed by atoms with Crippen molar-refractivity contribution in [2.24, 2.45) is 0 Å². The molecule has 0 amide bonds. The molecule has 0 bridgehead atoms. The third-order valence-electron chi connectivity index (χ3n) is 3.12. The monoisotopic (exact) mass is 395 g/mol. The van der Waals surface area contributed by atoms with E-state index in [9.17, 15) is 0 Å². The number of ether oxygens (including phenoxy) is 1. The topological polar surface area (TPSA) is 48.4 Å². The Morgan fingerprint density at radius 1 is 1.10 bits per heavy atom. The van der Waals surface area contributed by atoms with Crippen LogP contribution < -0.4 is 10.5 Å². The molecule has 2 aromatic carbocycles. The average Bonchev–Trinajstić information content (AvgIpc) is 2.89. The Bertz CT molecular complexity index is 779. The van der Waals surface area contributed by atoms with Gasteiger partial charge in [-0.3, -0.25) is 0 Å². The lowest BCUT2D eigenvalue weighted by Gasteiger charge is -2.01. The average molecular weight is 397 g/mol. The number of hydrogen-bond donors (Lipinski definition) is 1. The molecule has 3 rings (SSSR count). The zero-order chi connectivity index (χ0) is 14.3. The lowest BCUT2D eigenvalue weighted by molar-refractivity contribution is 0.415. The minimum Gasteiger partial charge on any atom is -0.497 e. The van der Waals surface area contributed by atoms with E-state index in [0.717, 1.165) is 37.0 Å². The molecule has 5 heteroatoms. The second-order valence-corrected chi connectivity index (χ2v) is 5.98. The summed E-state index contributed by atoms with van der Waals surface area (Å²) in [6.45, 7) is 0. The van der Waals surface area contributed by atoms with E-state index in [1.165, 1.54) is 0 Å². The minimum absolute atomic E-state index is 0.666. The Hall–Kier alpha value is -1.46. The Kier molecular flexibility index (Phi) is 3.48. The van der Waals surface area contributed by atoms with Crippen LogP contribution in [0.1, 0.15) is 0 Å². The van der Waals surface area contributed by atoms with Crippen LogP contribution >= 0.6 is 31.9 Å². The van der Waals surface area contributed by atoms with Crippen molar-refractivity contribution in [1.82, 2.24) is 0 Å². The predicted octanol–water partition coefficient (Wildman–Crippen LogP) is 5.22. The van der Waals surface area contributed by atoms with Crippen LogP contribution in [0.25, 0.3) is 22.3 Å². The van der Waals surface area contributed by atoms with Gasteiger partial charge in [0.1, 0.15) is 17.1 Å². The van der Waals surface area contributed by atoms with Gasteiger partial charge in [0.25, 0.3) is 0 Å². The van der Waals surface area contributed by atoms with Gasteiger partial charge in [-0.2, -0.15) is 0 Å². The molecular weight excluding hydrogens is 386 g/mol. The van der Waals surface area contributed by atoms with E-state index in [1.807, 2.05) is 36.4 Å². The molecule has 2 N–H and O–H groups in total. The molecule has 0 saturated heterocycles. The van der Waals surface area contributed by atoms with Gasteiger partial charge in [-0.1, -0.05) is 0 Å². The maximum absolute atomic E-state index is 5.98. The van der Waals surface area contributed by atoms with E-state index >= 15 is 0 Å². The second-order valence-electron chi connectivity index (χ2n) is 4.34. The Morgan fingerprint density at radius 3 is 2.45 bits per heavy atom. The predicted molar refractivity (Wildman–Crippen MR) is 88.0 cm³/mol. The molecule has 0 saturated carbocycles. The smallest absolute Gasteiger partial charge is 0.137 e. The summed E-state index contributed by atoms with van der Waals surface area (Å²) in [5.74, 6) is 1.61. The molecule has 102 valence electrons. The molecule has 20 heavy (non-hydrogen) atoms. The first-order chi connectivity index (χ1) is 9.60. The first-order valence-corrected chi connectivity index (χ1v) is 7.50. The number of nitrogen functional groups attached to an aromatic ring is 1. The molecule has 3 aromatic rings. The number of hydrogen-bond acceptors (Lipinski definition) is 3. The number of rotatable bonds is 2. The van der Waals surface area contributed by atoms with Gasteiger partial charge >= 0.3 is 0 Å². The van der Waals surface area contributed by atoms with Gasteiger partial charge in [0.05, 0.1) is 17.3 Å². The van der Waals surface area contributed by atoms with Crippen LogP contribution in [0.3, 0.4) is 0 Å². The number of furan rings is 1. The lowest BCUT2D eigenvalue weighted by atomic mass is 10.1. The first-order valence-electron chi connectivity index (χ1n) is 5.91. The van der Waals surface area contributed by atoms with Gasteiger partial charge in [0, 0.05) is 15.4 Å². The summed E-state index contributed by atoms with van der Waals surface area (Å²) in [7, 11) is 1.65. The highest BCUT2D eigenvalue weighted by atomic mass is 79.9. The lowest BCUT2D eigenvalue weighted by Crippen LogP contribution is -1.87. The molecule has 0 spiro atoms. The maximum Gasteiger partial charge on any atom is 0.137 e. The van der Waals surface area contributed by atoms with Crippen LogP contribution in [0, 0.1) is 0 Å². The van der Waals surface area contributed by atoms with Crippen molar-refractivity contribution in [1.29, 1.82) is 0 Å². The van der Waals surface area contributed by atoms with Crippen LogP contribution in [-0.2, 0) is 0 Å². The highest BCUT2D eigenvalue weighted by Gasteiger charge is 2.13. The summed E-state index contributed by atoms with van der Waals surface area (Å²) in [5.41, 5.74) is 8.42. The van der Waals surface area contributed by atoms with Crippen molar-refractivity contribution in [3.8, 4) is 17.1 Å². The molecule has 3 nitrogen and oxygen atoms in total. The van der Waals surface area contributed by atoms with Crippen molar-refractivity contribution >= 4 is 48.5 Å². The highest BCUT2D eigenvalue weighted by Crippen LogP contribution is 2.39. The third kappa shape index (κ3) is 2.21. The summed E-state index contributed by atoms with van der Waals surface area (Å²) in [4.78, 5) is 0. The van der Waals surface area contributed by atoms with Crippen LogP contribution in [0.5, 0.6) is 5.75 Å². The van der Waals surface area contributed by atoms with Gasteiger partial charge in [-0.05, 0) is 68.3 Å². The van der Waals surface area contributed by atoms with Crippen molar-refractivity contribution in [2.75, 3.05) is 12.8 Å². The highest BCUT2D eigenvalue weighted by molar-refractivity contribution is 9.11.